The Labute approximate surface area is 104 Å². The molecule has 1 unspecified atom stereocenters. The Hall–Kier alpha value is -2.11. The van der Waals surface area contributed by atoms with Gasteiger partial charge in [-0.3, -0.25) is 4.79 Å². The van der Waals surface area contributed by atoms with Crippen LogP contribution in [0.15, 0.2) is 24.8 Å². The van der Waals surface area contributed by atoms with Gasteiger partial charge in [-0.1, -0.05) is 6.58 Å². The van der Waals surface area contributed by atoms with Gasteiger partial charge in [0.15, 0.2) is 0 Å². The molecule has 1 aromatic rings. The largest absolute Gasteiger partial charge is 0.480 e. The van der Waals surface area contributed by atoms with Crippen LogP contribution in [-0.4, -0.2) is 37.9 Å². The van der Waals surface area contributed by atoms with E-state index in [-0.39, 0.29) is 12.3 Å². The lowest BCUT2D eigenvalue weighted by Crippen LogP contribution is -2.47. The first-order valence-electron chi connectivity index (χ1n) is 5.79. The van der Waals surface area contributed by atoms with E-state index in [9.17, 15) is 14.7 Å². The van der Waals surface area contributed by atoms with Gasteiger partial charge in [0.05, 0.1) is 6.33 Å². The molecule has 0 spiro atoms. The van der Waals surface area contributed by atoms with E-state index in [1.165, 1.54) is 11.2 Å². The minimum atomic E-state index is -1.03. The number of carboxylic acid groups (broad SMARTS) is 1. The minimum absolute atomic E-state index is 0.168. The number of rotatable bonds is 4. The molecule has 18 heavy (non-hydrogen) atoms. The number of aromatic nitrogens is 2. The number of carboxylic acids is 1. The third-order valence-corrected chi connectivity index (χ3v) is 3.03. The Kier molecular flexibility index (Phi) is 3.45. The SMILES string of the molecule is C=C1CCCC(=O)N1C(Cc1cnc[nH]1)C(=O)O. The molecule has 0 radical (unpaired) electrons. The Morgan fingerprint density at radius 1 is 1.61 bits per heavy atom. The second-order valence-electron chi connectivity index (χ2n) is 4.32. The molecule has 1 aliphatic heterocycles. The zero-order valence-electron chi connectivity index (χ0n) is 9.93. The summed E-state index contributed by atoms with van der Waals surface area (Å²) in [4.78, 5) is 31.2. The minimum Gasteiger partial charge on any atom is -0.480 e. The Morgan fingerprint density at radius 2 is 2.39 bits per heavy atom. The number of hydrogen-bond acceptors (Lipinski definition) is 3. The Morgan fingerprint density at radius 3 is 2.94 bits per heavy atom. The summed E-state index contributed by atoms with van der Waals surface area (Å²) in [6.45, 7) is 3.79. The molecule has 0 aromatic carbocycles. The molecule has 1 atom stereocenters. The maximum atomic E-state index is 11.9. The first-order chi connectivity index (χ1) is 8.59. The van der Waals surface area contributed by atoms with Crippen molar-refractivity contribution in [2.45, 2.75) is 31.7 Å². The number of amides is 1. The van der Waals surface area contributed by atoms with Crippen molar-refractivity contribution in [3.05, 3.63) is 30.5 Å². The molecule has 2 rings (SSSR count). The number of carbonyl (C=O) groups is 2. The average molecular weight is 249 g/mol. The van der Waals surface area contributed by atoms with Gasteiger partial charge in [-0.25, -0.2) is 9.78 Å². The van der Waals surface area contributed by atoms with Gasteiger partial charge >= 0.3 is 5.97 Å². The number of H-pyrrole nitrogens is 1. The monoisotopic (exact) mass is 249 g/mol. The molecule has 6 heteroatoms. The molecule has 0 saturated carbocycles. The second-order valence-corrected chi connectivity index (χ2v) is 4.32. The van der Waals surface area contributed by atoms with E-state index >= 15 is 0 Å². The smallest absolute Gasteiger partial charge is 0.327 e. The Bertz CT molecular complexity index is 451. The molecule has 1 aliphatic rings. The van der Waals surface area contributed by atoms with E-state index in [1.54, 1.807) is 6.20 Å². The lowest BCUT2D eigenvalue weighted by molar-refractivity contribution is -0.149. The predicted octanol–water partition coefficient (Wildman–Crippen LogP) is 0.932. The van der Waals surface area contributed by atoms with Crippen molar-refractivity contribution in [2.24, 2.45) is 0 Å². The molecular formula is C12H15N3O3. The van der Waals surface area contributed by atoms with Crippen molar-refractivity contribution in [3.8, 4) is 0 Å². The topological polar surface area (TPSA) is 86.3 Å². The van der Waals surface area contributed by atoms with Crippen molar-refractivity contribution in [2.75, 3.05) is 0 Å². The summed E-state index contributed by atoms with van der Waals surface area (Å²) in [6.07, 6.45) is 5.04. The first-order valence-corrected chi connectivity index (χ1v) is 5.79. The van der Waals surface area contributed by atoms with Crippen LogP contribution in [0, 0.1) is 0 Å². The number of aliphatic carboxylic acids is 1. The van der Waals surface area contributed by atoms with Gasteiger partial charge in [0, 0.05) is 30.4 Å². The van der Waals surface area contributed by atoms with Crippen LogP contribution in [0.5, 0.6) is 0 Å². The standard InChI is InChI=1S/C12H15N3O3/c1-8-3-2-4-11(16)15(8)10(12(17)18)5-9-6-13-7-14-9/h6-7,10H,1-5H2,(H,13,14)(H,17,18). The molecule has 1 fully saturated rings. The van der Waals surface area contributed by atoms with Crippen LogP contribution in [0.4, 0.5) is 0 Å². The van der Waals surface area contributed by atoms with Crippen LogP contribution >= 0.6 is 0 Å². The van der Waals surface area contributed by atoms with Crippen LogP contribution in [0.3, 0.4) is 0 Å². The third kappa shape index (κ3) is 2.42. The zero-order valence-corrected chi connectivity index (χ0v) is 9.93. The molecule has 96 valence electrons. The number of nitrogens with one attached hydrogen (secondary N) is 1. The van der Waals surface area contributed by atoms with E-state index < -0.39 is 12.0 Å². The van der Waals surface area contributed by atoms with Gasteiger partial charge in [-0.2, -0.15) is 0 Å². The Balaban J connectivity index is 2.21. The lowest BCUT2D eigenvalue weighted by atomic mass is 10.0. The fraction of sp³-hybridized carbons (Fsp3) is 0.417. The second kappa shape index (κ2) is 5.03. The summed E-state index contributed by atoms with van der Waals surface area (Å²) in [5, 5.41) is 9.29. The highest BCUT2D eigenvalue weighted by molar-refractivity contribution is 5.86. The van der Waals surface area contributed by atoms with Crippen molar-refractivity contribution >= 4 is 11.9 Å². The van der Waals surface area contributed by atoms with E-state index in [2.05, 4.69) is 16.5 Å². The first kappa shape index (κ1) is 12.3. The van der Waals surface area contributed by atoms with Crippen molar-refractivity contribution < 1.29 is 14.7 Å². The predicted molar refractivity (Wildman–Crippen MR) is 63.6 cm³/mol. The number of piperidine rings is 1. The number of nitrogens with zero attached hydrogens (tertiary/aromatic N) is 2. The van der Waals surface area contributed by atoms with Crippen LogP contribution in [0.2, 0.25) is 0 Å². The maximum Gasteiger partial charge on any atom is 0.327 e. The molecule has 2 N–H and O–H groups in total. The number of likely N-dealkylation sites (tertiary alicyclic amines) is 1. The van der Waals surface area contributed by atoms with Gasteiger partial charge in [0.1, 0.15) is 6.04 Å². The van der Waals surface area contributed by atoms with E-state index in [1.807, 2.05) is 0 Å². The van der Waals surface area contributed by atoms with Crippen LogP contribution in [0.25, 0.3) is 0 Å². The maximum absolute atomic E-state index is 11.9. The van der Waals surface area contributed by atoms with Gasteiger partial charge in [-0.15, -0.1) is 0 Å². The molecule has 2 heterocycles. The number of allylic oxidation sites excluding steroid dienone is 1. The number of aromatic amines is 1. The molecule has 0 aliphatic carbocycles. The fourth-order valence-electron chi connectivity index (χ4n) is 2.15. The molecule has 1 saturated heterocycles. The normalized spacial score (nSPS) is 17.9. The molecule has 1 aromatic heterocycles. The quantitative estimate of drug-likeness (QED) is 0.831. The third-order valence-electron chi connectivity index (χ3n) is 3.03. The lowest BCUT2D eigenvalue weighted by Gasteiger charge is -2.33. The summed E-state index contributed by atoms with van der Waals surface area (Å²) in [6, 6.07) is -0.911. The summed E-state index contributed by atoms with van der Waals surface area (Å²) in [5.41, 5.74) is 1.27. The van der Waals surface area contributed by atoms with Crippen molar-refractivity contribution in [1.29, 1.82) is 0 Å². The fourth-order valence-corrected chi connectivity index (χ4v) is 2.15. The van der Waals surface area contributed by atoms with Crippen LogP contribution < -0.4 is 0 Å². The van der Waals surface area contributed by atoms with Gasteiger partial charge < -0.3 is 15.0 Å². The number of hydrogen-bond donors (Lipinski definition) is 2. The average Bonchev–Trinajstić information content (AvgIpc) is 2.80. The van der Waals surface area contributed by atoms with E-state index in [0.717, 1.165) is 6.42 Å². The van der Waals surface area contributed by atoms with Crippen molar-refractivity contribution in [3.63, 3.8) is 0 Å². The molecule has 1 amide bonds. The van der Waals surface area contributed by atoms with E-state index in [4.69, 9.17) is 0 Å². The summed E-state index contributed by atoms with van der Waals surface area (Å²) in [5.74, 6) is -1.20. The number of imidazole rings is 1. The summed E-state index contributed by atoms with van der Waals surface area (Å²) >= 11 is 0. The highest BCUT2D eigenvalue weighted by Crippen LogP contribution is 2.24. The van der Waals surface area contributed by atoms with Crippen LogP contribution in [0.1, 0.15) is 25.0 Å². The number of carbonyl (C=O) groups excluding carboxylic acids is 1. The van der Waals surface area contributed by atoms with Gasteiger partial charge in [-0.05, 0) is 12.8 Å². The highest BCUT2D eigenvalue weighted by atomic mass is 16.4. The molecule has 6 nitrogen and oxygen atoms in total. The highest BCUT2D eigenvalue weighted by Gasteiger charge is 2.33. The van der Waals surface area contributed by atoms with Crippen molar-refractivity contribution in [1.82, 2.24) is 14.9 Å². The van der Waals surface area contributed by atoms with Gasteiger partial charge in [0.25, 0.3) is 0 Å². The summed E-state index contributed by atoms with van der Waals surface area (Å²) < 4.78 is 0. The van der Waals surface area contributed by atoms with Gasteiger partial charge in [0.2, 0.25) is 5.91 Å². The molecular weight excluding hydrogens is 234 g/mol. The zero-order chi connectivity index (χ0) is 13.1. The van der Waals surface area contributed by atoms with Crippen LogP contribution in [-0.2, 0) is 16.0 Å². The summed E-state index contributed by atoms with van der Waals surface area (Å²) in [7, 11) is 0. The molecule has 0 bridgehead atoms. The van der Waals surface area contributed by atoms with E-state index in [0.29, 0.717) is 24.2 Å².